The first-order valence-corrected chi connectivity index (χ1v) is 14.0. The van der Waals surface area contributed by atoms with Crippen LogP contribution in [0, 0.1) is 4.91 Å². The number of nitrogens with zero attached hydrogens (tertiary/aromatic N) is 6. The Morgan fingerprint density at radius 3 is 2.46 bits per heavy atom. The third kappa shape index (κ3) is 5.88. The predicted molar refractivity (Wildman–Crippen MR) is 151 cm³/mol. The quantitative estimate of drug-likeness (QED) is 0.276. The van der Waals surface area contributed by atoms with E-state index in [4.69, 9.17) is 16.3 Å². The van der Waals surface area contributed by atoms with E-state index in [1.165, 1.54) is 0 Å². The highest BCUT2D eigenvalue weighted by Crippen LogP contribution is 2.40. The number of hydrogen-bond acceptors (Lipinski definition) is 7. The lowest BCUT2D eigenvalue weighted by Gasteiger charge is -2.34. The van der Waals surface area contributed by atoms with Gasteiger partial charge in [-0.05, 0) is 59.7 Å². The number of nitrogens with one attached hydrogen (secondary N) is 1. The van der Waals surface area contributed by atoms with Crippen LogP contribution in [0.2, 0.25) is 5.02 Å². The number of aromatic nitrogens is 3. The zero-order valence-corrected chi connectivity index (χ0v) is 23.8. The molecule has 39 heavy (non-hydrogen) atoms. The molecule has 1 aliphatic carbocycles. The first-order chi connectivity index (χ1) is 18.8. The molecule has 1 aromatic heterocycles. The Balaban J connectivity index is 1.53. The molecule has 1 saturated heterocycles. The number of benzene rings is 2. The standard InChI is InChI=1S/C28H36ClN7O3/c1-5-33-10-12-34(13-11-33)17-19-6-9-21(14-24(19)29)35-27(30-31-28(35)36(38)32-20-7-8-20)23-15-22(18(2)3)26(39-4)16-25(23)37/h6,9,14-16,18,20H,5,7-8,10-13,17H2,1-4H3,(H-,30,32,37,38)/p+1. The Morgan fingerprint density at radius 2 is 1.85 bits per heavy atom. The van der Waals surface area contributed by atoms with Gasteiger partial charge in [0.2, 0.25) is 5.82 Å². The molecule has 2 heterocycles. The van der Waals surface area contributed by atoms with Gasteiger partial charge in [0.25, 0.3) is 0 Å². The molecule has 2 aromatic carbocycles. The van der Waals surface area contributed by atoms with Crippen molar-refractivity contribution in [3.63, 3.8) is 0 Å². The van der Waals surface area contributed by atoms with Gasteiger partial charge in [0.05, 0.1) is 28.7 Å². The molecule has 1 aliphatic heterocycles. The van der Waals surface area contributed by atoms with Crippen LogP contribution in [0.25, 0.3) is 17.1 Å². The maximum atomic E-state index is 13.1. The fourth-order valence-corrected chi connectivity index (χ4v) is 5.19. The Kier molecular flexibility index (Phi) is 8.06. The number of aromatic hydroxyl groups is 1. The van der Waals surface area contributed by atoms with Crippen molar-refractivity contribution in [2.24, 2.45) is 0 Å². The van der Waals surface area contributed by atoms with Gasteiger partial charge in [0.1, 0.15) is 17.2 Å². The highest BCUT2D eigenvalue weighted by molar-refractivity contribution is 6.31. The molecule has 0 amide bonds. The molecule has 1 saturated carbocycles. The topological polar surface area (TPSA) is 98.8 Å². The summed E-state index contributed by atoms with van der Waals surface area (Å²) in [6.07, 6.45) is 1.87. The van der Waals surface area contributed by atoms with Gasteiger partial charge in [0.15, 0.2) is 0 Å². The smallest absolute Gasteiger partial charge is 0.487 e. The van der Waals surface area contributed by atoms with E-state index in [1.807, 2.05) is 38.1 Å². The van der Waals surface area contributed by atoms with Crippen LogP contribution in [0.1, 0.15) is 50.7 Å². The zero-order valence-electron chi connectivity index (χ0n) is 23.0. The molecule has 2 N–H and O–H groups in total. The van der Waals surface area contributed by atoms with Crippen molar-refractivity contribution in [2.45, 2.75) is 52.1 Å². The number of phenolic OH excluding ortho intramolecular Hbond substituents is 1. The molecule has 208 valence electrons. The number of nitroso groups, excluding NO2 is 1. The van der Waals surface area contributed by atoms with Gasteiger partial charge in [0, 0.05) is 43.8 Å². The van der Waals surface area contributed by atoms with Crippen LogP contribution < -0.4 is 10.2 Å². The predicted octanol–water partition coefficient (Wildman–Crippen LogP) is 4.64. The Morgan fingerprint density at radius 1 is 1.13 bits per heavy atom. The fraction of sp³-hybridized carbons (Fsp3) is 0.500. The number of likely N-dealkylation sites (N-methyl/N-ethyl adjacent to an activating group) is 1. The van der Waals surface area contributed by atoms with Crippen molar-refractivity contribution >= 4 is 17.5 Å². The lowest BCUT2D eigenvalue weighted by molar-refractivity contribution is -0.538. The van der Waals surface area contributed by atoms with Gasteiger partial charge in [-0.25, -0.2) is 5.43 Å². The summed E-state index contributed by atoms with van der Waals surface area (Å²) in [7, 11) is 1.58. The van der Waals surface area contributed by atoms with E-state index in [1.54, 1.807) is 17.7 Å². The Bertz CT molecular complexity index is 1350. The van der Waals surface area contributed by atoms with Crippen LogP contribution in [0.5, 0.6) is 11.5 Å². The lowest BCUT2D eigenvalue weighted by Crippen LogP contribution is -2.45. The highest BCUT2D eigenvalue weighted by atomic mass is 35.5. The van der Waals surface area contributed by atoms with Crippen molar-refractivity contribution in [1.82, 2.24) is 30.0 Å². The van der Waals surface area contributed by atoms with Crippen molar-refractivity contribution in [2.75, 3.05) is 39.8 Å². The molecule has 0 radical (unpaired) electrons. The van der Waals surface area contributed by atoms with E-state index in [9.17, 15) is 10.0 Å². The minimum atomic E-state index is -0.0158. The average Bonchev–Trinajstić information content (AvgIpc) is 3.63. The van der Waals surface area contributed by atoms with Crippen LogP contribution >= 0.6 is 11.6 Å². The molecule has 0 atom stereocenters. The second-order valence-corrected chi connectivity index (χ2v) is 11.0. The van der Waals surface area contributed by atoms with Crippen LogP contribution in [-0.4, -0.2) is 80.4 Å². The number of hydrazine groups is 1. The van der Waals surface area contributed by atoms with Crippen LogP contribution in [0.15, 0.2) is 30.3 Å². The van der Waals surface area contributed by atoms with Gasteiger partial charge >= 0.3 is 5.95 Å². The van der Waals surface area contributed by atoms with Crippen molar-refractivity contribution in [3.05, 3.63) is 51.4 Å². The van der Waals surface area contributed by atoms with Crippen molar-refractivity contribution < 1.29 is 14.7 Å². The second-order valence-electron chi connectivity index (χ2n) is 10.6. The van der Waals surface area contributed by atoms with E-state index in [0.717, 1.165) is 63.2 Å². The van der Waals surface area contributed by atoms with Gasteiger partial charge < -0.3 is 14.7 Å². The number of methoxy groups -OCH3 is 1. The number of phenols is 1. The van der Waals surface area contributed by atoms with E-state index >= 15 is 0 Å². The summed E-state index contributed by atoms with van der Waals surface area (Å²) in [5, 5.41) is 20.2. The van der Waals surface area contributed by atoms with Crippen LogP contribution in [-0.2, 0) is 6.54 Å². The lowest BCUT2D eigenvalue weighted by atomic mass is 9.98. The molecule has 3 aromatic rings. The van der Waals surface area contributed by atoms with Gasteiger partial charge in [-0.15, -0.1) is 0 Å². The summed E-state index contributed by atoms with van der Waals surface area (Å²) in [6.45, 7) is 12.2. The molecule has 0 unspecified atom stereocenters. The van der Waals surface area contributed by atoms with Crippen LogP contribution in [0.4, 0.5) is 5.95 Å². The second kappa shape index (κ2) is 11.5. The summed E-state index contributed by atoms with van der Waals surface area (Å²) in [6, 6.07) is 9.30. The molecular weight excluding hydrogens is 518 g/mol. The van der Waals surface area contributed by atoms with Crippen LogP contribution in [0.3, 0.4) is 0 Å². The molecule has 11 heteroatoms. The molecule has 10 nitrogen and oxygen atoms in total. The molecule has 0 spiro atoms. The highest BCUT2D eigenvalue weighted by Gasteiger charge is 2.34. The summed E-state index contributed by atoms with van der Waals surface area (Å²) in [4.78, 5) is 18.6. The summed E-state index contributed by atoms with van der Waals surface area (Å²) in [5.74, 6) is 1.11. The molecule has 0 bridgehead atoms. The number of ether oxygens (including phenoxy) is 1. The maximum Gasteiger partial charge on any atom is 0.487 e. The molecular formula is C28H37ClN7O3+. The number of hydrogen-bond donors (Lipinski definition) is 2. The summed E-state index contributed by atoms with van der Waals surface area (Å²) < 4.78 is 7.14. The Hall–Kier alpha value is -3.21. The minimum absolute atomic E-state index is 0.0158. The van der Waals surface area contributed by atoms with Crippen molar-refractivity contribution in [3.8, 4) is 28.6 Å². The monoisotopic (exact) mass is 554 g/mol. The molecule has 2 fully saturated rings. The Labute approximate surface area is 234 Å². The number of halogens is 1. The largest absolute Gasteiger partial charge is 0.507 e. The number of rotatable bonds is 10. The van der Waals surface area contributed by atoms with Gasteiger partial charge in [-0.1, -0.05) is 43.3 Å². The maximum absolute atomic E-state index is 13.1. The van der Waals surface area contributed by atoms with E-state index in [-0.39, 0.29) is 23.7 Å². The van der Waals surface area contributed by atoms with E-state index in [2.05, 4.69) is 32.3 Å². The SMILES string of the molecule is CCN1CCN(Cc2ccc(-n3c(-c4cc(C(C)C)c(OC)cc4O)nnc3[N+](=O)NC3CC3)cc2Cl)CC1. The third-order valence-corrected chi connectivity index (χ3v) is 7.87. The molecule has 2 aliphatic rings. The van der Waals surface area contributed by atoms with E-state index < -0.39 is 0 Å². The van der Waals surface area contributed by atoms with E-state index in [0.29, 0.717) is 32.7 Å². The normalized spacial score (nSPS) is 16.6. The molecule has 5 rings (SSSR count). The number of piperazine rings is 1. The summed E-state index contributed by atoms with van der Waals surface area (Å²) >= 11 is 6.82. The third-order valence-electron chi connectivity index (χ3n) is 7.52. The fourth-order valence-electron chi connectivity index (χ4n) is 4.96. The minimum Gasteiger partial charge on any atom is -0.507 e. The zero-order chi connectivity index (χ0) is 27.7. The first kappa shape index (κ1) is 27.4. The summed E-state index contributed by atoms with van der Waals surface area (Å²) in [5.41, 5.74) is 5.94. The van der Waals surface area contributed by atoms with Crippen molar-refractivity contribution in [1.29, 1.82) is 0 Å². The van der Waals surface area contributed by atoms with Gasteiger partial charge in [-0.3, -0.25) is 4.90 Å². The first-order valence-electron chi connectivity index (χ1n) is 13.6. The van der Waals surface area contributed by atoms with Gasteiger partial charge in [-0.2, -0.15) is 4.57 Å². The average molecular weight is 555 g/mol.